The maximum Gasteiger partial charge on any atom is 0.338 e. The summed E-state index contributed by atoms with van der Waals surface area (Å²) < 4.78 is 9.20. The van der Waals surface area contributed by atoms with E-state index in [1.165, 1.54) is 0 Å². The van der Waals surface area contributed by atoms with E-state index in [1.54, 1.807) is 43.3 Å². The third-order valence-corrected chi connectivity index (χ3v) is 5.22. The van der Waals surface area contributed by atoms with Crippen LogP contribution in [0.15, 0.2) is 42.5 Å². The Bertz CT molecular complexity index is 1060. The highest BCUT2D eigenvalue weighted by atomic mass is 35.5. The highest BCUT2D eigenvalue weighted by molar-refractivity contribution is 6.30. The first-order valence-corrected chi connectivity index (χ1v) is 10.0. The second-order valence-corrected chi connectivity index (χ2v) is 7.19. The van der Waals surface area contributed by atoms with Crippen LogP contribution in [0.2, 0.25) is 5.02 Å². The zero-order valence-electron chi connectivity index (χ0n) is 17.0. The summed E-state index contributed by atoms with van der Waals surface area (Å²) in [7, 11) is 0. The molecule has 0 radical (unpaired) electrons. The molecule has 0 saturated carbocycles. The smallest absolute Gasteiger partial charge is 0.338 e. The highest BCUT2D eigenvalue weighted by Gasteiger charge is 2.30. The van der Waals surface area contributed by atoms with Crippen molar-refractivity contribution >= 4 is 40.2 Å². The number of carbonyl (C=O) groups is 2. The zero-order valence-corrected chi connectivity index (χ0v) is 17.8. The van der Waals surface area contributed by atoms with E-state index in [0.29, 0.717) is 22.9 Å². The summed E-state index contributed by atoms with van der Waals surface area (Å²) in [6.07, 6.45) is 0. The van der Waals surface area contributed by atoms with Gasteiger partial charge in [0.1, 0.15) is 0 Å². The fourth-order valence-corrected chi connectivity index (χ4v) is 3.68. The van der Waals surface area contributed by atoms with Crippen LogP contribution in [-0.4, -0.2) is 23.1 Å². The molecule has 3 rings (SSSR count). The second kappa shape index (κ2) is 8.66. The van der Waals surface area contributed by atoms with Gasteiger partial charge in [-0.1, -0.05) is 11.6 Å². The molecule has 0 saturated heterocycles. The van der Waals surface area contributed by atoms with Gasteiger partial charge in [0.15, 0.2) is 17.1 Å². The fourth-order valence-electron chi connectivity index (χ4n) is 3.55. The van der Waals surface area contributed by atoms with Gasteiger partial charge in [-0.15, -0.1) is 0 Å². The number of benzene rings is 2. The lowest BCUT2D eigenvalue weighted by atomic mass is 10.2. The van der Waals surface area contributed by atoms with Crippen molar-refractivity contribution in [2.24, 2.45) is 0 Å². The van der Waals surface area contributed by atoms with Gasteiger partial charge >= 0.3 is 5.97 Å². The Balaban J connectivity index is 2.02. The minimum Gasteiger partial charge on any atom is -0.462 e. The predicted octanol–water partition coefficient (Wildman–Crippen LogP) is 4.29. The molecule has 0 spiro atoms. The highest BCUT2D eigenvalue weighted by Crippen LogP contribution is 2.23. The van der Waals surface area contributed by atoms with Crippen LogP contribution in [-0.2, 0) is 16.1 Å². The molecular weight excluding hydrogens is 390 g/mol. The van der Waals surface area contributed by atoms with E-state index < -0.39 is 6.04 Å². The number of rotatable bonds is 6. The number of anilines is 1. The third-order valence-electron chi connectivity index (χ3n) is 4.97. The summed E-state index contributed by atoms with van der Waals surface area (Å²) >= 11 is 5.92. The minimum absolute atomic E-state index is 0.155. The molecule has 0 aliphatic carbocycles. The maximum absolute atomic E-state index is 12.9. The van der Waals surface area contributed by atoms with Crippen LogP contribution >= 0.6 is 11.6 Å². The molecule has 0 unspecified atom stereocenters. The molecule has 0 aliphatic heterocycles. The van der Waals surface area contributed by atoms with Gasteiger partial charge in [-0.2, -0.15) is 0 Å². The van der Waals surface area contributed by atoms with Crippen molar-refractivity contribution in [3.05, 3.63) is 58.9 Å². The molecule has 1 heterocycles. The van der Waals surface area contributed by atoms with Gasteiger partial charge < -0.3 is 10.1 Å². The van der Waals surface area contributed by atoms with Crippen molar-refractivity contribution in [1.82, 2.24) is 4.57 Å². The Hall–Kier alpha value is -2.86. The summed E-state index contributed by atoms with van der Waals surface area (Å²) in [5.74, 6) is 0.403. The number of esters is 1. The van der Waals surface area contributed by atoms with Crippen LogP contribution in [0, 0.1) is 6.92 Å². The van der Waals surface area contributed by atoms with Crippen LogP contribution in [0.3, 0.4) is 0 Å². The van der Waals surface area contributed by atoms with Crippen LogP contribution < -0.4 is 9.88 Å². The normalized spacial score (nSPS) is 12.0. The van der Waals surface area contributed by atoms with E-state index >= 15 is 0 Å². The molecule has 2 aromatic carbocycles. The van der Waals surface area contributed by atoms with Crippen LogP contribution in [0.25, 0.3) is 11.0 Å². The predicted molar refractivity (Wildman–Crippen MR) is 113 cm³/mol. The molecule has 6 nitrogen and oxygen atoms in total. The number of fused-ring (bicyclic) bond motifs is 1. The monoisotopic (exact) mass is 414 g/mol. The summed E-state index contributed by atoms with van der Waals surface area (Å²) in [5.41, 5.74) is 2.92. The Morgan fingerprint density at radius 2 is 1.86 bits per heavy atom. The molecular formula is C22H25ClN3O3+. The molecule has 1 N–H and O–H groups in total. The van der Waals surface area contributed by atoms with Crippen molar-refractivity contribution in [1.29, 1.82) is 0 Å². The SMILES string of the molecule is CCOC(=O)c1ccc2c(c1)n([C@@H](C)C(=O)Nc1ccc(Cl)cc1)c(C)[n+]2CC. The summed E-state index contributed by atoms with van der Waals surface area (Å²) in [6, 6.07) is 11.9. The second-order valence-electron chi connectivity index (χ2n) is 6.76. The van der Waals surface area contributed by atoms with Crippen molar-refractivity contribution < 1.29 is 18.9 Å². The van der Waals surface area contributed by atoms with Crippen molar-refractivity contribution in [3.63, 3.8) is 0 Å². The molecule has 1 aromatic heterocycles. The lowest BCUT2D eigenvalue weighted by molar-refractivity contribution is -0.675. The van der Waals surface area contributed by atoms with Crippen LogP contribution in [0.4, 0.5) is 5.69 Å². The first-order chi connectivity index (χ1) is 13.9. The number of halogens is 1. The number of nitrogens with one attached hydrogen (secondary N) is 1. The molecule has 7 heteroatoms. The van der Waals surface area contributed by atoms with E-state index in [1.807, 2.05) is 24.5 Å². The van der Waals surface area contributed by atoms with Gasteiger partial charge in [-0.25, -0.2) is 13.9 Å². The van der Waals surface area contributed by atoms with Crippen molar-refractivity contribution in [3.8, 4) is 0 Å². The maximum atomic E-state index is 12.9. The largest absolute Gasteiger partial charge is 0.462 e. The molecule has 0 fully saturated rings. The number of amides is 1. The Labute approximate surface area is 175 Å². The molecule has 1 amide bonds. The number of aromatic nitrogens is 2. The van der Waals surface area contributed by atoms with Crippen molar-refractivity contribution in [2.75, 3.05) is 11.9 Å². The summed E-state index contributed by atoms with van der Waals surface area (Å²) in [6.45, 7) is 8.70. The topological polar surface area (TPSA) is 64.2 Å². The quantitative estimate of drug-likeness (QED) is 0.483. The molecule has 1 atom stereocenters. The van der Waals surface area contributed by atoms with Crippen molar-refractivity contribution in [2.45, 2.75) is 40.3 Å². The van der Waals surface area contributed by atoms with E-state index in [2.05, 4.69) is 16.8 Å². The van der Waals surface area contributed by atoms with Crippen LogP contribution in [0.1, 0.15) is 43.0 Å². The molecule has 29 heavy (non-hydrogen) atoms. The average molecular weight is 415 g/mol. The summed E-state index contributed by atoms with van der Waals surface area (Å²) in [4.78, 5) is 25.2. The van der Waals surface area contributed by atoms with Gasteiger partial charge in [0, 0.05) is 23.7 Å². The lowest BCUT2D eigenvalue weighted by Crippen LogP contribution is -2.36. The number of hydrogen-bond acceptors (Lipinski definition) is 3. The van der Waals surface area contributed by atoms with E-state index in [9.17, 15) is 9.59 Å². The lowest BCUT2D eigenvalue weighted by Gasteiger charge is -2.12. The minimum atomic E-state index is -0.488. The van der Waals surface area contributed by atoms with Gasteiger partial charge in [0.25, 0.3) is 11.7 Å². The van der Waals surface area contributed by atoms with Crippen LogP contribution in [0.5, 0.6) is 0 Å². The Kier molecular flexibility index (Phi) is 6.23. The number of hydrogen-bond donors (Lipinski definition) is 1. The molecule has 0 aliphatic rings. The first kappa shape index (κ1) is 20.9. The standard InChI is InChI=1S/C22H24ClN3O3/c1-5-25-15(4)26(14(3)21(27)24-18-10-8-17(23)9-11-18)20-13-16(7-12-19(20)25)22(28)29-6-2/h7-14H,5-6H2,1-4H3/p+1/t14-/m0/s1. The molecule has 3 aromatic rings. The zero-order chi connectivity index (χ0) is 21.1. The number of carbonyl (C=O) groups excluding carboxylic acids is 2. The number of ether oxygens (including phenoxy) is 1. The van der Waals surface area contributed by atoms with Gasteiger partial charge in [-0.05, 0) is 57.2 Å². The van der Waals surface area contributed by atoms with Gasteiger partial charge in [0.2, 0.25) is 0 Å². The van der Waals surface area contributed by atoms with Gasteiger partial charge in [-0.3, -0.25) is 4.79 Å². The first-order valence-electron chi connectivity index (χ1n) is 9.65. The Morgan fingerprint density at radius 3 is 2.48 bits per heavy atom. The average Bonchev–Trinajstić information content (AvgIpc) is 2.99. The van der Waals surface area contributed by atoms with Gasteiger partial charge in [0.05, 0.1) is 18.7 Å². The third kappa shape index (κ3) is 4.12. The van der Waals surface area contributed by atoms with E-state index in [4.69, 9.17) is 16.3 Å². The van der Waals surface area contributed by atoms with E-state index in [-0.39, 0.29) is 11.9 Å². The Morgan fingerprint density at radius 1 is 1.17 bits per heavy atom. The number of aryl methyl sites for hydroxylation is 1. The number of nitrogens with zero attached hydrogens (tertiary/aromatic N) is 2. The molecule has 0 bridgehead atoms. The molecule has 152 valence electrons. The fraction of sp³-hybridized carbons (Fsp3) is 0.318. The van der Waals surface area contributed by atoms with E-state index in [0.717, 1.165) is 23.4 Å². The summed E-state index contributed by atoms with van der Waals surface area (Å²) in [5, 5.41) is 3.53. The number of imidazole rings is 1.